The van der Waals surface area contributed by atoms with Crippen LogP contribution in [0.2, 0.25) is 5.02 Å². The van der Waals surface area contributed by atoms with Crippen molar-refractivity contribution < 1.29 is 4.74 Å². The van der Waals surface area contributed by atoms with E-state index in [9.17, 15) is 0 Å². The van der Waals surface area contributed by atoms with Gasteiger partial charge in [0, 0.05) is 25.2 Å². The summed E-state index contributed by atoms with van der Waals surface area (Å²) in [5, 5.41) is 4.13. The van der Waals surface area contributed by atoms with Crippen molar-refractivity contribution in [3.63, 3.8) is 0 Å². The number of halogens is 1. The maximum absolute atomic E-state index is 6.20. The van der Waals surface area contributed by atoms with Gasteiger partial charge >= 0.3 is 0 Å². The quantitative estimate of drug-likeness (QED) is 0.908. The van der Waals surface area contributed by atoms with Crippen LogP contribution in [-0.4, -0.2) is 37.7 Å². The van der Waals surface area contributed by atoms with E-state index in [1.165, 1.54) is 12.0 Å². The lowest BCUT2D eigenvalue weighted by atomic mass is 10.2. The molecule has 100 valence electrons. The highest BCUT2D eigenvalue weighted by Crippen LogP contribution is 2.29. The highest BCUT2D eigenvalue weighted by Gasteiger charge is 2.13. The number of rotatable bonds is 4. The SMILES string of the molecule is CCOc1c(Cl)cccc1CN1CCCNCC1. The first-order chi connectivity index (χ1) is 8.81. The zero-order valence-electron chi connectivity index (χ0n) is 10.9. The molecule has 1 fully saturated rings. The number of benzene rings is 1. The summed E-state index contributed by atoms with van der Waals surface area (Å²) in [4.78, 5) is 2.45. The minimum absolute atomic E-state index is 0.651. The van der Waals surface area contributed by atoms with E-state index in [-0.39, 0.29) is 0 Å². The lowest BCUT2D eigenvalue weighted by Gasteiger charge is -2.21. The molecule has 0 atom stereocenters. The maximum Gasteiger partial charge on any atom is 0.142 e. The van der Waals surface area contributed by atoms with Crippen molar-refractivity contribution in [3.8, 4) is 5.75 Å². The van der Waals surface area contributed by atoms with Crippen molar-refractivity contribution >= 4 is 11.6 Å². The average molecular weight is 269 g/mol. The molecule has 1 aromatic carbocycles. The minimum Gasteiger partial charge on any atom is -0.492 e. The van der Waals surface area contributed by atoms with Gasteiger partial charge in [-0.1, -0.05) is 23.7 Å². The Morgan fingerprint density at radius 1 is 1.33 bits per heavy atom. The summed E-state index contributed by atoms with van der Waals surface area (Å²) in [7, 11) is 0. The van der Waals surface area contributed by atoms with Gasteiger partial charge in [0.05, 0.1) is 11.6 Å². The van der Waals surface area contributed by atoms with Gasteiger partial charge in [-0.2, -0.15) is 0 Å². The lowest BCUT2D eigenvalue weighted by Crippen LogP contribution is -2.27. The smallest absolute Gasteiger partial charge is 0.142 e. The summed E-state index contributed by atoms with van der Waals surface area (Å²) in [5.74, 6) is 0.846. The topological polar surface area (TPSA) is 24.5 Å². The summed E-state index contributed by atoms with van der Waals surface area (Å²) in [6.45, 7) is 7.94. The molecule has 18 heavy (non-hydrogen) atoms. The molecule has 0 amide bonds. The normalized spacial score (nSPS) is 17.4. The van der Waals surface area contributed by atoms with E-state index in [1.54, 1.807) is 0 Å². The van der Waals surface area contributed by atoms with E-state index < -0.39 is 0 Å². The number of hydrogen-bond acceptors (Lipinski definition) is 3. The minimum atomic E-state index is 0.651. The Hall–Kier alpha value is -0.770. The predicted octanol–water partition coefficient (Wildman–Crippen LogP) is 2.53. The summed E-state index contributed by atoms with van der Waals surface area (Å²) in [6, 6.07) is 5.99. The average Bonchev–Trinajstić information content (AvgIpc) is 2.62. The number of hydrogen-bond donors (Lipinski definition) is 1. The molecule has 0 radical (unpaired) electrons. The van der Waals surface area contributed by atoms with E-state index in [2.05, 4.69) is 16.3 Å². The summed E-state index contributed by atoms with van der Waals surface area (Å²) >= 11 is 6.20. The van der Waals surface area contributed by atoms with E-state index in [0.717, 1.165) is 38.5 Å². The molecule has 2 rings (SSSR count). The van der Waals surface area contributed by atoms with E-state index in [1.807, 2.05) is 19.1 Å². The lowest BCUT2D eigenvalue weighted by molar-refractivity contribution is 0.273. The Labute approximate surface area is 114 Å². The van der Waals surface area contributed by atoms with Gasteiger partial charge in [-0.25, -0.2) is 0 Å². The standard InChI is InChI=1S/C14H21ClN2O/c1-2-18-14-12(5-3-6-13(14)15)11-17-9-4-7-16-8-10-17/h3,5-6,16H,2,4,7-11H2,1H3. The van der Waals surface area contributed by atoms with Crippen molar-refractivity contribution in [2.75, 3.05) is 32.8 Å². The molecule has 0 aromatic heterocycles. The van der Waals surface area contributed by atoms with E-state index >= 15 is 0 Å². The first-order valence-electron chi connectivity index (χ1n) is 6.64. The Morgan fingerprint density at radius 2 is 2.22 bits per heavy atom. The molecule has 1 N–H and O–H groups in total. The van der Waals surface area contributed by atoms with Crippen LogP contribution in [0.5, 0.6) is 5.75 Å². The molecule has 1 saturated heterocycles. The van der Waals surface area contributed by atoms with Crippen molar-refractivity contribution in [2.24, 2.45) is 0 Å². The van der Waals surface area contributed by atoms with Gasteiger partial charge in [-0.05, 0) is 32.5 Å². The van der Waals surface area contributed by atoms with Crippen LogP contribution >= 0.6 is 11.6 Å². The van der Waals surface area contributed by atoms with Gasteiger partial charge in [0.25, 0.3) is 0 Å². The monoisotopic (exact) mass is 268 g/mol. The van der Waals surface area contributed by atoms with Crippen LogP contribution in [0.15, 0.2) is 18.2 Å². The molecule has 3 nitrogen and oxygen atoms in total. The number of nitrogens with zero attached hydrogens (tertiary/aromatic N) is 1. The van der Waals surface area contributed by atoms with Crippen LogP contribution in [0.4, 0.5) is 0 Å². The predicted molar refractivity (Wildman–Crippen MR) is 75.4 cm³/mol. The molecule has 1 aliphatic heterocycles. The van der Waals surface area contributed by atoms with Crippen LogP contribution in [0.1, 0.15) is 18.9 Å². The van der Waals surface area contributed by atoms with Gasteiger partial charge in [-0.15, -0.1) is 0 Å². The van der Waals surface area contributed by atoms with Gasteiger partial charge < -0.3 is 10.1 Å². The summed E-state index contributed by atoms with van der Waals surface area (Å²) < 4.78 is 5.67. The van der Waals surface area contributed by atoms with Crippen molar-refractivity contribution in [3.05, 3.63) is 28.8 Å². The van der Waals surface area contributed by atoms with Crippen LogP contribution in [0.3, 0.4) is 0 Å². The van der Waals surface area contributed by atoms with Crippen LogP contribution in [0, 0.1) is 0 Å². The molecule has 1 aromatic rings. The molecule has 0 spiro atoms. The second-order valence-corrected chi connectivity index (χ2v) is 4.95. The second kappa shape index (κ2) is 6.98. The Morgan fingerprint density at radius 3 is 3.06 bits per heavy atom. The molecule has 1 heterocycles. The third-order valence-corrected chi connectivity index (χ3v) is 3.46. The molecule has 0 saturated carbocycles. The largest absolute Gasteiger partial charge is 0.492 e. The zero-order valence-corrected chi connectivity index (χ0v) is 11.7. The fourth-order valence-electron chi connectivity index (χ4n) is 2.28. The van der Waals surface area contributed by atoms with Crippen molar-refractivity contribution in [2.45, 2.75) is 19.9 Å². The third-order valence-electron chi connectivity index (χ3n) is 3.16. The first-order valence-corrected chi connectivity index (χ1v) is 7.02. The van der Waals surface area contributed by atoms with Gasteiger partial charge in [0.2, 0.25) is 0 Å². The van der Waals surface area contributed by atoms with Gasteiger partial charge in [0.15, 0.2) is 0 Å². The van der Waals surface area contributed by atoms with E-state index in [4.69, 9.17) is 16.3 Å². The van der Waals surface area contributed by atoms with E-state index in [0.29, 0.717) is 11.6 Å². The zero-order chi connectivity index (χ0) is 12.8. The third kappa shape index (κ3) is 3.61. The molecule has 0 bridgehead atoms. The van der Waals surface area contributed by atoms with Crippen molar-refractivity contribution in [1.82, 2.24) is 10.2 Å². The van der Waals surface area contributed by atoms with Crippen LogP contribution in [-0.2, 0) is 6.54 Å². The van der Waals surface area contributed by atoms with Crippen molar-refractivity contribution in [1.29, 1.82) is 0 Å². The molecule has 4 heteroatoms. The fraction of sp³-hybridized carbons (Fsp3) is 0.571. The molecule has 0 unspecified atom stereocenters. The Bertz CT molecular complexity index is 376. The first kappa shape index (κ1) is 13.7. The Kier molecular flexibility index (Phi) is 5.29. The fourth-order valence-corrected chi connectivity index (χ4v) is 2.53. The molecular weight excluding hydrogens is 248 g/mol. The van der Waals surface area contributed by atoms with Gasteiger partial charge in [0.1, 0.15) is 5.75 Å². The Balaban J connectivity index is 2.09. The summed E-state index contributed by atoms with van der Waals surface area (Å²) in [6.07, 6.45) is 1.20. The van der Waals surface area contributed by atoms with Crippen LogP contribution in [0.25, 0.3) is 0 Å². The summed E-state index contributed by atoms with van der Waals surface area (Å²) in [5.41, 5.74) is 1.19. The molecular formula is C14H21ClN2O. The van der Waals surface area contributed by atoms with Gasteiger partial charge in [-0.3, -0.25) is 4.90 Å². The number of nitrogens with one attached hydrogen (secondary N) is 1. The maximum atomic E-state index is 6.20. The molecule has 0 aliphatic carbocycles. The highest BCUT2D eigenvalue weighted by atomic mass is 35.5. The van der Waals surface area contributed by atoms with Crippen LogP contribution < -0.4 is 10.1 Å². The number of para-hydroxylation sites is 1. The second-order valence-electron chi connectivity index (χ2n) is 4.54. The molecule has 1 aliphatic rings. The number of ether oxygens (including phenoxy) is 1. The highest BCUT2D eigenvalue weighted by molar-refractivity contribution is 6.32.